The molecule has 0 aliphatic carbocycles. The maximum atomic E-state index is 12.4. The fourth-order valence-corrected chi connectivity index (χ4v) is 2.06. The summed E-state index contributed by atoms with van der Waals surface area (Å²) in [6, 6.07) is 10.1. The summed E-state index contributed by atoms with van der Waals surface area (Å²) in [7, 11) is 0. The Kier molecular flexibility index (Phi) is 4.11. The van der Waals surface area contributed by atoms with Gasteiger partial charge in [0, 0.05) is 16.3 Å². The molecule has 0 N–H and O–H groups in total. The third-order valence-electron chi connectivity index (χ3n) is 2.80. The molecular formula is C15H12ClN3O. The van der Waals surface area contributed by atoms with Crippen molar-refractivity contribution in [2.75, 3.05) is 0 Å². The molecule has 0 aliphatic rings. The van der Waals surface area contributed by atoms with Crippen molar-refractivity contribution in [3.63, 3.8) is 0 Å². The molecule has 1 atom stereocenters. The van der Waals surface area contributed by atoms with Gasteiger partial charge in [0.2, 0.25) is 0 Å². The molecule has 0 saturated heterocycles. The second kappa shape index (κ2) is 5.81. The van der Waals surface area contributed by atoms with Crippen molar-refractivity contribution < 1.29 is 4.79 Å². The van der Waals surface area contributed by atoms with Gasteiger partial charge in [-0.3, -0.25) is 4.79 Å². The van der Waals surface area contributed by atoms with Crippen molar-refractivity contribution in [1.82, 2.24) is 9.97 Å². The Labute approximate surface area is 122 Å². The van der Waals surface area contributed by atoms with E-state index in [1.165, 1.54) is 0 Å². The first kappa shape index (κ1) is 14.2. The number of hydrogen-bond donors (Lipinski definition) is 0. The van der Waals surface area contributed by atoms with Gasteiger partial charge in [-0.1, -0.05) is 11.6 Å². The summed E-state index contributed by atoms with van der Waals surface area (Å²) in [4.78, 5) is 20.7. The number of Topliss-reactive ketones (excluding diaryl/α,β-unsaturated/α-hetero) is 1. The van der Waals surface area contributed by atoms with Gasteiger partial charge < -0.3 is 0 Å². The third-order valence-corrected chi connectivity index (χ3v) is 3.05. The molecule has 1 heterocycles. The lowest BCUT2D eigenvalue weighted by atomic mass is 9.95. The van der Waals surface area contributed by atoms with E-state index < -0.39 is 5.92 Å². The number of halogens is 1. The van der Waals surface area contributed by atoms with Crippen molar-refractivity contribution in [3.05, 3.63) is 58.1 Å². The minimum Gasteiger partial charge on any atom is -0.292 e. The number of hydrogen-bond acceptors (Lipinski definition) is 4. The van der Waals surface area contributed by atoms with E-state index in [9.17, 15) is 10.1 Å². The number of ketones is 1. The highest BCUT2D eigenvalue weighted by molar-refractivity contribution is 6.30. The van der Waals surface area contributed by atoms with Gasteiger partial charge >= 0.3 is 0 Å². The Hall–Kier alpha value is -2.25. The van der Waals surface area contributed by atoms with Gasteiger partial charge in [0.25, 0.3) is 0 Å². The summed E-state index contributed by atoms with van der Waals surface area (Å²) < 4.78 is 0. The Bertz CT molecular complexity index is 669. The Balaban J connectivity index is 2.39. The number of carbonyl (C=O) groups is 1. The summed E-state index contributed by atoms with van der Waals surface area (Å²) >= 11 is 5.79. The molecular weight excluding hydrogens is 274 g/mol. The van der Waals surface area contributed by atoms with Crippen LogP contribution >= 0.6 is 11.6 Å². The molecule has 0 amide bonds. The quantitative estimate of drug-likeness (QED) is 0.812. The molecule has 0 radical (unpaired) electrons. The Morgan fingerprint density at radius 1 is 1.25 bits per heavy atom. The van der Waals surface area contributed by atoms with Crippen LogP contribution in [0.15, 0.2) is 30.3 Å². The molecule has 1 aromatic heterocycles. The summed E-state index contributed by atoms with van der Waals surface area (Å²) in [5, 5.41) is 9.84. The second-order valence-electron chi connectivity index (χ2n) is 4.41. The molecule has 0 saturated carbocycles. The lowest BCUT2D eigenvalue weighted by Crippen LogP contribution is -2.14. The number of carbonyl (C=O) groups excluding carboxylic acids is 1. The van der Waals surface area contributed by atoms with E-state index >= 15 is 0 Å². The molecule has 0 spiro atoms. The standard InChI is InChI=1S/C15H12ClN3O/c1-9-7-14(19-10(2)18-9)13(8-17)15(20)11-3-5-12(16)6-4-11/h3-7,13H,1-2H3/t13-/m1/s1. The van der Waals surface area contributed by atoms with Gasteiger partial charge in [-0.05, 0) is 44.2 Å². The Morgan fingerprint density at radius 2 is 1.90 bits per heavy atom. The van der Waals surface area contributed by atoms with Gasteiger partial charge in [-0.2, -0.15) is 5.26 Å². The molecule has 2 rings (SSSR count). The highest BCUT2D eigenvalue weighted by atomic mass is 35.5. The molecule has 0 unspecified atom stereocenters. The molecule has 5 heteroatoms. The van der Waals surface area contributed by atoms with Gasteiger partial charge in [0.15, 0.2) is 11.7 Å². The van der Waals surface area contributed by atoms with E-state index in [1.807, 2.05) is 6.07 Å². The van der Waals surface area contributed by atoms with Crippen LogP contribution in [0.2, 0.25) is 5.02 Å². The van der Waals surface area contributed by atoms with E-state index in [-0.39, 0.29) is 5.78 Å². The molecule has 2 aromatic rings. The summed E-state index contributed by atoms with van der Waals surface area (Å²) in [5.41, 5.74) is 1.60. The zero-order valence-electron chi connectivity index (χ0n) is 11.1. The molecule has 1 aromatic carbocycles. The number of aryl methyl sites for hydroxylation is 2. The number of rotatable bonds is 3. The highest BCUT2D eigenvalue weighted by Crippen LogP contribution is 2.20. The smallest absolute Gasteiger partial charge is 0.186 e. The van der Waals surface area contributed by atoms with Gasteiger partial charge in [-0.15, -0.1) is 0 Å². The Morgan fingerprint density at radius 3 is 2.45 bits per heavy atom. The van der Waals surface area contributed by atoms with Gasteiger partial charge in [0.05, 0.1) is 11.8 Å². The SMILES string of the molecule is Cc1cc([C@@H](C#N)C(=O)c2ccc(Cl)cc2)nc(C)n1. The fourth-order valence-electron chi connectivity index (χ4n) is 1.93. The number of nitrogens with zero attached hydrogens (tertiary/aromatic N) is 3. The summed E-state index contributed by atoms with van der Waals surface area (Å²) in [6.45, 7) is 3.54. The number of nitriles is 1. The van der Waals surface area contributed by atoms with E-state index in [1.54, 1.807) is 44.2 Å². The van der Waals surface area contributed by atoms with Crippen LogP contribution in [0.3, 0.4) is 0 Å². The highest BCUT2D eigenvalue weighted by Gasteiger charge is 2.23. The van der Waals surface area contributed by atoms with Crippen LogP contribution in [0, 0.1) is 25.2 Å². The van der Waals surface area contributed by atoms with Crippen molar-refractivity contribution >= 4 is 17.4 Å². The maximum absolute atomic E-state index is 12.4. The van der Waals surface area contributed by atoms with Gasteiger partial charge in [-0.25, -0.2) is 9.97 Å². The average molecular weight is 286 g/mol. The zero-order valence-corrected chi connectivity index (χ0v) is 11.8. The largest absolute Gasteiger partial charge is 0.292 e. The van der Waals surface area contributed by atoms with Crippen LogP contribution in [0.5, 0.6) is 0 Å². The maximum Gasteiger partial charge on any atom is 0.186 e. The fraction of sp³-hybridized carbons (Fsp3) is 0.200. The van der Waals surface area contributed by atoms with Crippen LogP contribution in [0.4, 0.5) is 0 Å². The minimum atomic E-state index is -0.934. The predicted molar refractivity (Wildman–Crippen MR) is 75.6 cm³/mol. The monoisotopic (exact) mass is 285 g/mol. The molecule has 0 aliphatic heterocycles. The van der Waals surface area contributed by atoms with Crippen LogP contribution in [-0.2, 0) is 0 Å². The molecule has 4 nitrogen and oxygen atoms in total. The van der Waals surface area contributed by atoms with E-state index in [2.05, 4.69) is 9.97 Å². The van der Waals surface area contributed by atoms with Gasteiger partial charge in [0.1, 0.15) is 5.82 Å². The topological polar surface area (TPSA) is 66.6 Å². The van der Waals surface area contributed by atoms with E-state index in [0.29, 0.717) is 22.1 Å². The predicted octanol–water partition coefficient (Wildman–Crippen LogP) is 3.24. The van der Waals surface area contributed by atoms with Crippen LogP contribution in [0.25, 0.3) is 0 Å². The molecule has 0 bridgehead atoms. The number of benzene rings is 1. The van der Waals surface area contributed by atoms with Crippen LogP contribution in [-0.4, -0.2) is 15.8 Å². The normalized spacial score (nSPS) is 11.7. The lowest BCUT2D eigenvalue weighted by molar-refractivity contribution is 0.0977. The number of aromatic nitrogens is 2. The zero-order chi connectivity index (χ0) is 14.7. The van der Waals surface area contributed by atoms with E-state index in [0.717, 1.165) is 5.69 Å². The lowest BCUT2D eigenvalue weighted by Gasteiger charge is -2.09. The van der Waals surface area contributed by atoms with Crippen LogP contribution < -0.4 is 0 Å². The average Bonchev–Trinajstić information content (AvgIpc) is 2.39. The van der Waals surface area contributed by atoms with Crippen molar-refractivity contribution in [2.24, 2.45) is 0 Å². The first-order valence-electron chi connectivity index (χ1n) is 6.03. The van der Waals surface area contributed by atoms with Crippen molar-refractivity contribution in [3.8, 4) is 6.07 Å². The van der Waals surface area contributed by atoms with E-state index in [4.69, 9.17) is 11.6 Å². The molecule has 100 valence electrons. The molecule has 20 heavy (non-hydrogen) atoms. The summed E-state index contributed by atoms with van der Waals surface area (Å²) in [5.74, 6) is -0.678. The summed E-state index contributed by atoms with van der Waals surface area (Å²) in [6.07, 6.45) is 0. The first-order chi connectivity index (χ1) is 9.51. The van der Waals surface area contributed by atoms with Crippen LogP contribution in [0.1, 0.15) is 33.5 Å². The first-order valence-corrected chi connectivity index (χ1v) is 6.40. The molecule has 0 fully saturated rings. The van der Waals surface area contributed by atoms with Crippen molar-refractivity contribution in [2.45, 2.75) is 19.8 Å². The van der Waals surface area contributed by atoms with Crippen molar-refractivity contribution in [1.29, 1.82) is 5.26 Å². The minimum absolute atomic E-state index is 0.290. The third kappa shape index (κ3) is 3.01. The second-order valence-corrected chi connectivity index (χ2v) is 4.85.